The molecule has 0 bridgehead atoms. The molecule has 4 heteroatoms. The molecule has 1 atom stereocenters. The van der Waals surface area contributed by atoms with Crippen molar-refractivity contribution in [3.05, 3.63) is 47.0 Å². The molecule has 4 nitrogen and oxygen atoms in total. The van der Waals surface area contributed by atoms with Crippen LogP contribution in [0.3, 0.4) is 0 Å². The lowest BCUT2D eigenvalue weighted by Gasteiger charge is -2.17. The van der Waals surface area contributed by atoms with Gasteiger partial charge in [-0.25, -0.2) is 4.79 Å². The second kappa shape index (κ2) is 5.12. The van der Waals surface area contributed by atoms with Crippen molar-refractivity contribution in [2.24, 2.45) is 5.92 Å². The minimum Gasteiger partial charge on any atom is -0.478 e. The lowest BCUT2D eigenvalue weighted by Crippen LogP contribution is -2.26. The topological polar surface area (TPSA) is 57.6 Å². The Morgan fingerprint density at radius 1 is 1.25 bits per heavy atom. The Morgan fingerprint density at radius 2 is 2.05 bits per heavy atom. The van der Waals surface area contributed by atoms with Crippen LogP contribution in [0.5, 0.6) is 0 Å². The van der Waals surface area contributed by atoms with E-state index in [2.05, 4.69) is 12.2 Å². The van der Waals surface area contributed by atoms with Crippen molar-refractivity contribution in [3.8, 4) is 0 Å². The number of carbonyl (C=O) groups is 2. The van der Waals surface area contributed by atoms with E-state index in [4.69, 9.17) is 5.11 Å². The maximum absolute atomic E-state index is 12.3. The minimum atomic E-state index is -0.923. The molecule has 0 saturated carbocycles. The molecule has 1 heterocycles. The van der Waals surface area contributed by atoms with E-state index in [-0.39, 0.29) is 11.5 Å². The van der Waals surface area contributed by atoms with E-state index in [1.54, 1.807) is 12.1 Å². The molecule has 3 rings (SSSR count). The molecule has 1 aromatic carbocycles. The molecule has 20 heavy (non-hydrogen) atoms. The van der Waals surface area contributed by atoms with E-state index in [1.807, 2.05) is 11.0 Å². The summed E-state index contributed by atoms with van der Waals surface area (Å²) in [6.45, 7) is 1.14. The number of carbonyl (C=O) groups excluding carboxylic acids is 1. The number of nitrogens with zero attached hydrogens (tertiary/aromatic N) is 1. The molecule has 1 aliphatic heterocycles. The first-order chi connectivity index (χ1) is 9.63. The third-order valence-electron chi connectivity index (χ3n) is 4.08. The summed E-state index contributed by atoms with van der Waals surface area (Å²) in [6.07, 6.45) is 6.96. The number of fused-ring (bicyclic) bond motifs is 1. The zero-order valence-corrected chi connectivity index (χ0v) is 11.2. The van der Waals surface area contributed by atoms with E-state index >= 15 is 0 Å². The molecule has 1 N–H and O–H groups in total. The Hall–Kier alpha value is -2.10. The maximum Gasteiger partial charge on any atom is 0.335 e. The highest BCUT2D eigenvalue weighted by Gasteiger charge is 2.26. The quantitative estimate of drug-likeness (QED) is 0.860. The summed E-state index contributed by atoms with van der Waals surface area (Å²) in [5.41, 5.74) is 2.31. The molecular weight excluding hydrogens is 254 g/mol. The first-order valence-corrected chi connectivity index (χ1v) is 6.93. The highest BCUT2D eigenvalue weighted by molar-refractivity contribution is 5.88. The fourth-order valence-electron chi connectivity index (χ4n) is 2.92. The highest BCUT2D eigenvalue weighted by atomic mass is 16.4. The van der Waals surface area contributed by atoms with E-state index < -0.39 is 5.97 Å². The number of rotatable bonds is 3. The zero-order chi connectivity index (χ0) is 14.1. The van der Waals surface area contributed by atoms with Gasteiger partial charge in [0.05, 0.1) is 5.56 Å². The van der Waals surface area contributed by atoms with Crippen molar-refractivity contribution in [2.75, 3.05) is 0 Å². The van der Waals surface area contributed by atoms with E-state index in [1.165, 1.54) is 0 Å². The zero-order valence-electron chi connectivity index (χ0n) is 11.2. The van der Waals surface area contributed by atoms with E-state index in [0.29, 0.717) is 25.4 Å². The normalized spacial score (nSPS) is 20.2. The minimum absolute atomic E-state index is 0.162. The van der Waals surface area contributed by atoms with Gasteiger partial charge in [0, 0.05) is 19.5 Å². The molecule has 0 spiro atoms. The first kappa shape index (κ1) is 12.9. The molecule has 1 amide bonds. The van der Waals surface area contributed by atoms with Crippen LogP contribution in [0.15, 0.2) is 30.4 Å². The number of carboxylic acid groups (broad SMARTS) is 1. The monoisotopic (exact) mass is 271 g/mol. The Morgan fingerprint density at radius 3 is 2.75 bits per heavy atom. The summed E-state index contributed by atoms with van der Waals surface area (Å²) in [4.78, 5) is 25.0. The predicted octanol–water partition coefficient (Wildman–Crippen LogP) is 2.58. The van der Waals surface area contributed by atoms with Gasteiger partial charge in [-0.3, -0.25) is 4.79 Å². The van der Waals surface area contributed by atoms with Crippen LogP contribution in [0.2, 0.25) is 0 Å². The average Bonchev–Trinajstić information content (AvgIpc) is 3.05. The van der Waals surface area contributed by atoms with Crippen molar-refractivity contribution in [1.29, 1.82) is 0 Å². The van der Waals surface area contributed by atoms with Gasteiger partial charge < -0.3 is 10.0 Å². The van der Waals surface area contributed by atoms with E-state index in [0.717, 1.165) is 24.0 Å². The fourth-order valence-corrected chi connectivity index (χ4v) is 2.92. The largest absolute Gasteiger partial charge is 0.478 e. The molecule has 1 aliphatic carbocycles. The Bertz CT molecular complexity index is 591. The van der Waals surface area contributed by atoms with Crippen LogP contribution in [-0.2, 0) is 17.9 Å². The lowest BCUT2D eigenvalue weighted by molar-refractivity contribution is -0.132. The second-order valence-electron chi connectivity index (χ2n) is 5.51. The SMILES string of the molecule is O=C(O)c1ccc2c(c1)CN(C(=O)CC1C=CCC1)C2. The molecule has 0 radical (unpaired) electrons. The smallest absolute Gasteiger partial charge is 0.335 e. The standard InChI is InChI=1S/C16H17NO3/c18-15(7-11-3-1-2-4-11)17-9-13-6-5-12(16(19)20)8-14(13)10-17/h1,3,5-6,8,11H,2,4,7,9-10H2,(H,19,20). The van der Waals surface area contributed by atoms with Gasteiger partial charge in [-0.2, -0.15) is 0 Å². The lowest BCUT2D eigenvalue weighted by atomic mass is 10.0. The Labute approximate surface area is 117 Å². The summed E-state index contributed by atoms with van der Waals surface area (Å²) in [6, 6.07) is 5.11. The highest BCUT2D eigenvalue weighted by Crippen LogP contribution is 2.27. The van der Waals surface area contributed by atoms with Crippen LogP contribution < -0.4 is 0 Å². The van der Waals surface area contributed by atoms with Gasteiger partial charge in [-0.1, -0.05) is 18.2 Å². The van der Waals surface area contributed by atoms with Gasteiger partial charge in [0.25, 0.3) is 0 Å². The number of aromatic carboxylic acids is 1. The number of carboxylic acids is 1. The Kier molecular flexibility index (Phi) is 3.30. The van der Waals surface area contributed by atoms with Gasteiger partial charge in [-0.15, -0.1) is 0 Å². The fraction of sp³-hybridized carbons (Fsp3) is 0.375. The summed E-state index contributed by atoms with van der Waals surface area (Å²) >= 11 is 0. The molecule has 0 saturated heterocycles. The number of hydrogen-bond acceptors (Lipinski definition) is 2. The molecule has 1 unspecified atom stereocenters. The summed E-state index contributed by atoms with van der Waals surface area (Å²) in [5.74, 6) is -0.385. The first-order valence-electron chi connectivity index (χ1n) is 6.93. The van der Waals surface area contributed by atoms with Gasteiger partial charge in [-0.05, 0) is 42.0 Å². The molecule has 0 fully saturated rings. The summed E-state index contributed by atoms with van der Waals surface area (Å²) < 4.78 is 0. The molecule has 1 aromatic rings. The molecular formula is C16H17NO3. The van der Waals surface area contributed by atoms with E-state index in [9.17, 15) is 9.59 Å². The molecule has 2 aliphatic rings. The predicted molar refractivity (Wildman–Crippen MR) is 74.1 cm³/mol. The van der Waals surface area contributed by atoms with Crippen molar-refractivity contribution in [1.82, 2.24) is 4.90 Å². The summed E-state index contributed by atoms with van der Waals surface area (Å²) in [5, 5.41) is 8.99. The van der Waals surface area contributed by atoms with Crippen LogP contribution in [0.1, 0.15) is 40.7 Å². The molecule has 104 valence electrons. The van der Waals surface area contributed by atoms with Crippen LogP contribution in [0.4, 0.5) is 0 Å². The van der Waals surface area contributed by atoms with Crippen molar-refractivity contribution in [2.45, 2.75) is 32.4 Å². The van der Waals surface area contributed by atoms with Crippen molar-refractivity contribution in [3.63, 3.8) is 0 Å². The van der Waals surface area contributed by atoms with Gasteiger partial charge >= 0.3 is 5.97 Å². The second-order valence-corrected chi connectivity index (χ2v) is 5.51. The van der Waals surface area contributed by atoms with Crippen LogP contribution in [0.25, 0.3) is 0 Å². The van der Waals surface area contributed by atoms with Gasteiger partial charge in [0.2, 0.25) is 5.91 Å². The van der Waals surface area contributed by atoms with Crippen molar-refractivity contribution < 1.29 is 14.7 Å². The third kappa shape index (κ3) is 2.46. The van der Waals surface area contributed by atoms with Gasteiger partial charge in [0.15, 0.2) is 0 Å². The van der Waals surface area contributed by atoms with Crippen LogP contribution >= 0.6 is 0 Å². The van der Waals surface area contributed by atoms with Crippen LogP contribution in [-0.4, -0.2) is 21.9 Å². The molecule has 0 aromatic heterocycles. The Balaban J connectivity index is 1.68. The van der Waals surface area contributed by atoms with Crippen molar-refractivity contribution >= 4 is 11.9 Å². The number of benzene rings is 1. The third-order valence-corrected chi connectivity index (χ3v) is 4.08. The van der Waals surface area contributed by atoms with Gasteiger partial charge in [0.1, 0.15) is 0 Å². The van der Waals surface area contributed by atoms with Crippen LogP contribution in [0, 0.1) is 5.92 Å². The summed E-state index contributed by atoms with van der Waals surface area (Å²) in [7, 11) is 0. The average molecular weight is 271 g/mol. The number of hydrogen-bond donors (Lipinski definition) is 1. The maximum atomic E-state index is 12.3. The number of amides is 1. The number of allylic oxidation sites excluding steroid dienone is 2.